The van der Waals surface area contributed by atoms with Crippen molar-refractivity contribution in [3.05, 3.63) is 40.8 Å². The molecule has 0 radical (unpaired) electrons. The normalized spacial score (nSPS) is 10.1. The van der Waals surface area contributed by atoms with Crippen LogP contribution in [0, 0.1) is 0 Å². The van der Waals surface area contributed by atoms with E-state index in [0.29, 0.717) is 5.69 Å². The highest BCUT2D eigenvalue weighted by Gasteiger charge is 2.02. The van der Waals surface area contributed by atoms with E-state index in [-0.39, 0.29) is 5.78 Å². The van der Waals surface area contributed by atoms with Crippen LogP contribution in [0.15, 0.2) is 35.2 Å². The Labute approximate surface area is 86.2 Å². The lowest BCUT2D eigenvalue weighted by Gasteiger charge is -1.98. The molecule has 14 heavy (non-hydrogen) atoms. The topological polar surface area (TPSA) is 30.0 Å². The van der Waals surface area contributed by atoms with Gasteiger partial charge in [-0.15, -0.1) is 0 Å². The van der Waals surface area contributed by atoms with Crippen molar-refractivity contribution in [1.82, 2.24) is 4.98 Å². The Morgan fingerprint density at radius 2 is 2.14 bits per heavy atom. The number of hydrogen-bond acceptors (Lipinski definition) is 3. The number of rotatable bonds is 2. The molecule has 0 aliphatic carbocycles. The van der Waals surface area contributed by atoms with Gasteiger partial charge in [0.05, 0.1) is 0 Å². The molecule has 0 aliphatic rings. The third-order valence-corrected chi connectivity index (χ3v) is 2.66. The standard InChI is InChI=1S/C11H9NOS/c1-8(13)11-3-2-9(6-12-11)10-4-5-14-7-10/h2-7H,1H3. The second kappa shape index (κ2) is 3.72. The first-order valence-electron chi connectivity index (χ1n) is 4.27. The minimum absolute atomic E-state index is 0.00173. The fourth-order valence-corrected chi connectivity index (χ4v) is 1.87. The molecule has 0 atom stereocenters. The third-order valence-electron chi connectivity index (χ3n) is 1.98. The molecule has 2 heterocycles. The molecule has 0 aliphatic heterocycles. The van der Waals surface area contributed by atoms with Crippen molar-refractivity contribution >= 4 is 17.1 Å². The van der Waals surface area contributed by atoms with Crippen LogP contribution in [0.4, 0.5) is 0 Å². The van der Waals surface area contributed by atoms with E-state index in [1.54, 1.807) is 23.6 Å². The Morgan fingerprint density at radius 1 is 1.29 bits per heavy atom. The van der Waals surface area contributed by atoms with Crippen LogP contribution in [-0.2, 0) is 0 Å². The minimum atomic E-state index is 0.00173. The molecular weight excluding hydrogens is 194 g/mol. The number of Topliss-reactive ketones (excluding diaryl/α,β-unsaturated/α-hetero) is 1. The van der Waals surface area contributed by atoms with Gasteiger partial charge in [-0.05, 0) is 28.5 Å². The number of thiophene rings is 1. The summed E-state index contributed by atoms with van der Waals surface area (Å²) in [6.45, 7) is 1.52. The van der Waals surface area contributed by atoms with E-state index in [0.717, 1.165) is 11.1 Å². The summed E-state index contributed by atoms with van der Waals surface area (Å²) in [6.07, 6.45) is 1.73. The molecule has 0 aromatic carbocycles. The number of pyridine rings is 1. The van der Waals surface area contributed by atoms with Gasteiger partial charge >= 0.3 is 0 Å². The molecule has 0 unspecified atom stereocenters. The zero-order valence-electron chi connectivity index (χ0n) is 7.73. The Bertz CT molecular complexity index is 431. The van der Waals surface area contributed by atoms with Gasteiger partial charge in [0.1, 0.15) is 5.69 Å². The highest BCUT2D eigenvalue weighted by molar-refractivity contribution is 7.08. The van der Waals surface area contributed by atoms with Gasteiger partial charge in [0, 0.05) is 18.7 Å². The van der Waals surface area contributed by atoms with E-state index in [1.165, 1.54) is 6.92 Å². The molecule has 0 N–H and O–H groups in total. The number of carbonyl (C=O) groups excluding carboxylic acids is 1. The summed E-state index contributed by atoms with van der Waals surface area (Å²) >= 11 is 1.65. The Balaban J connectivity index is 2.36. The lowest BCUT2D eigenvalue weighted by Crippen LogP contribution is -1.95. The van der Waals surface area contributed by atoms with Gasteiger partial charge in [0.2, 0.25) is 0 Å². The highest BCUT2D eigenvalue weighted by Crippen LogP contribution is 2.20. The molecule has 0 saturated carbocycles. The number of aromatic nitrogens is 1. The Morgan fingerprint density at radius 3 is 2.64 bits per heavy atom. The zero-order valence-corrected chi connectivity index (χ0v) is 8.54. The quantitative estimate of drug-likeness (QED) is 0.702. The average molecular weight is 203 g/mol. The van der Waals surface area contributed by atoms with Crippen LogP contribution in [0.5, 0.6) is 0 Å². The maximum absolute atomic E-state index is 11.0. The summed E-state index contributed by atoms with van der Waals surface area (Å²) in [6, 6.07) is 5.72. The fraction of sp³-hybridized carbons (Fsp3) is 0.0909. The van der Waals surface area contributed by atoms with Crippen molar-refractivity contribution in [2.75, 3.05) is 0 Å². The second-order valence-electron chi connectivity index (χ2n) is 3.00. The first-order chi connectivity index (χ1) is 6.77. The number of nitrogens with zero attached hydrogens (tertiary/aromatic N) is 1. The zero-order chi connectivity index (χ0) is 9.97. The summed E-state index contributed by atoms with van der Waals surface area (Å²) in [5, 5.41) is 4.08. The van der Waals surface area contributed by atoms with Crippen molar-refractivity contribution in [3.8, 4) is 11.1 Å². The second-order valence-corrected chi connectivity index (χ2v) is 3.78. The number of ketones is 1. The van der Waals surface area contributed by atoms with Gasteiger partial charge < -0.3 is 0 Å². The number of hydrogen-bond donors (Lipinski definition) is 0. The van der Waals surface area contributed by atoms with Crippen molar-refractivity contribution < 1.29 is 4.79 Å². The van der Waals surface area contributed by atoms with E-state index >= 15 is 0 Å². The lowest BCUT2D eigenvalue weighted by molar-refractivity contribution is 0.101. The van der Waals surface area contributed by atoms with E-state index < -0.39 is 0 Å². The van der Waals surface area contributed by atoms with Crippen LogP contribution in [0.3, 0.4) is 0 Å². The molecule has 0 spiro atoms. The molecule has 0 bridgehead atoms. The summed E-state index contributed by atoms with van der Waals surface area (Å²) in [5.41, 5.74) is 2.72. The Hall–Kier alpha value is -1.48. The van der Waals surface area contributed by atoms with Gasteiger partial charge in [-0.25, -0.2) is 0 Å². The smallest absolute Gasteiger partial charge is 0.178 e. The minimum Gasteiger partial charge on any atom is -0.293 e. The lowest BCUT2D eigenvalue weighted by atomic mass is 10.1. The van der Waals surface area contributed by atoms with Crippen LogP contribution in [0.2, 0.25) is 0 Å². The SMILES string of the molecule is CC(=O)c1ccc(-c2ccsc2)cn1. The fourth-order valence-electron chi connectivity index (χ4n) is 1.20. The summed E-state index contributed by atoms with van der Waals surface area (Å²) in [4.78, 5) is 15.1. The largest absolute Gasteiger partial charge is 0.293 e. The van der Waals surface area contributed by atoms with E-state index in [4.69, 9.17) is 0 Å². The molecule has 70 valence electrons. The predicted molar refractivity (Wildman–Crippen MR) is 57.6 cm³/mol. The molecule has 0 amide bonds. The monoisotopic (exact) mass is 203 g/mol. The van der Waals surface area contributed by atoms with Gasteiger partial charge in [-0.1, -0.05) is 6.07 Å². The molecule has 2 rings (SSSR count). The third kappa shape index (κ3) is 1.72. The maximum atomic E-state index is 11.0. The molecular formula is C11H9NOS. The molecule has 2 nitrogen and oxygen atoms in total. The van der Waals surface area contributed by atoms with Crippen molar-refractivity contribution in [2.45, 2.75) is 6.92 Å². The molecule has 0 fully saturated rings. The first-order valence-corrected chi connectivity index (χ1v) is 5.21. The van der Waals surface area contributed by atoms with E-state index in [1.807, 2.05) is 17.5 Å². The summed E-state index contributed by atoms with van der Waals surface area (Å²) in [5.74, 6) is 0.00173. The van der Waals surface area contributed by atoms with E-state index in [2.05, 4.69) is 10.4 Å². The summed E-state index contributed by atoms with van der Waals surface area (Å²) in [7, 11) is 0. The first kappa shape index (κ1) is 9.09. The van der Waals surface area contributed by atoms with Crippen molar-refractivity contribution in [1.29, 1.82) is 0 Å². The van der Waals surface area contributed by atoms with Crippen LogP contribution < -0.4 is 0 Å². The molecule has 3 heteroatoms. The molecule has 0 saturated heterocycles. The van der Waals surface area contributed by atoms with Gasteiger partial charge in [0.25, 0.3) is 0 Å². The van der Waals surface area contributed by atoms with Crippen LogP contribution in [0.25, 0.3) is 11.1 Å². The predicted octanol–water partition coefficient (Wildman–Crippen LogP) is 3.01. The van der Waals surface area contributed by atoms with Crippen LogP contribution >= 0.6 is 11.3 Å². The van der Waals surface area contributed by atoms with Crippen molar-refractivity contribution in [2.24, 2.45) is 0 Å². The summed E-state index contributed by atoms with van der Waals surface area (Å²) < 4.78 is 0. The van der Waals surface area contributed by atoms with Gasteiger partial charge in [0.15, 0.2) is 5.78 Å². The average Bonchev–Trinajstić information content (AvgIpc) is 2.71. The Kier molecular flexibility index (Phi) is 2.41. The van der Waals surface area contributed by atoms with Gasteiger partial charge in [-0.2, -0.15) is 11.3 Å². The van der Waals surface area contributed by atoms with Crippen LogP contribution in [0.1, 0.15) is 17.4 Å². The molecule has 2 aromatic heterocycles. The number of carbonyl (C=O) groups is 1. The van der Waals surface area contributed by atoms with Gasteiger partial charge in [-0.3, -0.25) is 9.78 Å². The molecule has 2 aromatic rings. The van der Waals surface area contributed by atoms with Crippen LogP contribution in [-0.4, -0.2) is 10.8 Å². The van der Waals surface area contributed by atoms with Crippen molar-refractivity contribution in [3.63, 3.8) is 0 Å². The maximum Gasteiger partial charge on any atom is 0.178 e. The van der Waals surface area contributed by atoms with E-state index in [9.17, 15) is 4.79 Å². The highest BCUT2D eigenvalue weighted by atomic mass is 32.1.